The number of rotatable bonds is 5. The first-order valence-corrected chi connectivity index (χ1v) is 10.9. The molecule has 4 rings (SSSR count). The summed E-state index contributed by atoms with van der Waals surface area (Å²) in [4.78, 5) is 0. The van der Waals surface area contributed by atoms with Gasteiger partial charge in [-0.15, -0.1) is 0 Å². The van der Waals surface area contributed by atoms with Crippen LogP contribution in [-0.4, -0.2) is 7.25 Å². The Bertz CT molecular complexity index is 1080. The SMILES string of the molecule is CCc1ccc(-c2cc(-c3ccccc3)cc(-c3ccc(CC)cc3)[o+]2)cc1.F[B-](F)(F)F. The van der Waals surface area contributed by atoms with E-state index < -0.39 is 7.25 Å². The zero-order valence-electron chi connectivity index (χ0n) is 18.6. The minimum absolute atomic E-state index is 0.888. The maximum absolute atomic E-state index is 9.75. The zero-order chi connectivity index (χ0) is 23.8. The number of hydrogen-bond acceptors (Lipinski definition) is 0. The van der Waals surface area contributed by atoms with Gasteiger partial charge in [-0.3, -0.25) is 0 Å². The Balaban J connectivity index is 0.000000555. The third-order valence-corrected chi connectivity index (χ3v) is 5.19. The van der Waals surface area contributed by atoms with Gasteiger partial charge in [-0.2, -0.15) is 0 Å². The van der Waals surface area contributed by atoms with Gasteiger partial charge < -0.3 is 17.3 Å². The standard InChI is InChI=1S/C27H25O.BF4/c1-3-20-10-14-23(15-11-20)26-18-25(22-8-6-5-7-9-22)19-27(28-26)24-16-12-21(4-2)13-17-24;2-1(3,4)5/h5-19H,3-4H2,1-2H3;/q+1;-1. The molecule has 0 N–H and O–H groups in total. The van der Waals surface area contributed by atoms with Gasteiger partial charge in [0.05, 0.1) is 23.3 Å². The predicted octanol–water partition coefficient (Wildman–Crippen LogP) is 8.99. The molecule has 0 amide bonds. The van der Waals surface area contributed by atoms with Crippen LogP contribution < -0.4 is 0 Å². The van der Waals surface area contributed by atoms with Crippen molar-refractivity contribution in [1.29, 1.82) is 0 Å². The molecule has 0 saturated carbocycles. The van der Waals surface area contributed by atoms with Crippen LogP contribution in [0.15, 0.2) is 95.4 Å². The fraction of sp³-hybridized carbons (Fsp3) is 0.148. The first-order chi connectivity index (χ1) is 15.8. The van der Waals surface area contributed by atoms with Crippen molar-refractivity contribution in [3.05, 3.63) is 102 Å². The summed E-state index contributed by atoms with van der Waals surface area (Å²) in [5.41, 5.74) is 7.21. The molecule has 6 heteroatoms. The Hall–Kier alpha value is -3.41. The summed E-state index contributed by atoms with van der Waals surface area (Å²) in [6, 6.07) is 32.1. The van der Waals surface area contributed by atoms with E-state index in [1.54, 1.807) is 0 Å². The van der Waals surface area contributed by atoms with E-state index in [-0.39, 0.29) is 0 Å². The second-order valence-corrected chi connectivity index (χ2v) is 7.54. The maximum atomic E-state index is 9.75. The van der Waals surface area contributed by atoms with E-state index in [0.717, 1.165) is 41.1 Å². The molecule has 1 aromatic heterocycles. The van der Waals surface area contributed by atoms with Crippen molar-refractivity contribution in [2.75, 3.05) is 0 Å². The highest BCUT2D eigenvalue weighted by molar-refractivity contribution is 6.50. The second kappa shape index (κ2) is 10.9. The lowest BCUT2D eigenvalue weighted by Gasteiger charge is -2.03. The average molecular weight is 452 g/mol. The van der Waals surface area contributed by atoms with Crippen LogP contribution in [0.3, 0.4) is 0 Å². The molecule has 0 spiro atoms. The van der Waals surface area contributed by atoms with E-state index in [1.807, 2.05) is 6.07 Å². The first kappa shape index (κ1) is 24.2. The van der Waals surface area contributed by atoms with Crippen LogP contribution in [0.4, 0.5) is 17.3 Å². The van der Waals surface area contributed by atoms with Gasteiger partial charge in [0.25, 0.3) is 0 Å². The fourth-order valence-electron chi connectivity index (χ4n) is 3.39. The van der Waals surface area contributed by atoms with Crippen LogP contribution >= 0.6 is 0 Å². The normalized spacial score (nSPS) is 11.0. The summed E-state index contributed by atoms with van der Waals surface area (Å²) in [6.45, 7) is 4.35. The van der Waals surface area contributed by atoms with Crippen molar-refractivity contribution in [1.82, 2.24) is 0 Å². The maximum Gasteiger partial charge on any atom is 0.673 e. The van der Waals surface area contributed by atoms with Crippen molar-refractivity contribution in [3.63, 3.8) is 0 Å². The molecule has 0 radical (unpaired) electrons. The minimum Gasteiger partial charge on any atom is -0.418 e. The molecule has 1 nitrogen and oxygen atoms in total. The van der Waals surface area contributed by atoms with Gasteiger partial charge in [0.2, 0.25) is 0 Å². The molecule has 1 heterocycles. The van der Waals surface area contributed by atoms with Gasteiger partial charge in [-0.1, -0.05) is 68.4 Å². The van der Waals surface area contributed by atoms with Crippen LogP contribution in [-0.2, 0) is 12.8 Å². The molecule has 170 valence electrons. The van der Waals surface area contributed by atoms with Crippen molar-refractivity contribution >= 4 is 7.25 Å². The van der Waals surface area contributed by atoms with Gasteiger partial charge in [0.15, 0.2) is 0 Å². The fourth-order valence-corrected chi connectivity index (χ4v) is 3.39. The Morgan fingerprint density at radius 2 is 0.939 bits per heavy atom. The highest BCUT2D eigenvalue weighted by Gasteiger charge is 2.21. The predicted molar refractivity (Wildman–Crippen MR) is 128 cm³/mol. The highest BCUT2D eigenvalue weighted by atomic mass is 19.5. The molecular weight excluding hydrogens is 427 g/mol. The van der Waals surface area contributed by atoms with E-state index >= 15 is 0 Å². The van der Waals surface area contributed by atoms with E-state index in [1.165, 1.54) is 16.7 Å². The second-order valence-electron chi connectivity index (χ2n) is 7.54. The topological polar surface area (TPSA) is 11.3 Å². The van der Waals surface area contributed by atoms with Crippen LogP contribution in [0, 0.1) is 0 Å². The van der Waals surface area contributed by atoms with Crippen LogP contribution in [0.25, 0.3) is 33.8 Å². The van der Waals surface area contributed by atoms with Crippen molar-refractivity contribution < 1.29 is 21.7 Å². The molecule has 0 unspecified atom stereocenters. The summed E-state index contributed by atoms with van der Waals surface area (Å²) in [7, 11) is -6.00. The van der Waals surface area contributed by atoms with Gasteiger partial charge in [-0.25, -0.2) is 4.42 Å². The first-order valence-electron chi connectivity index (χ1n) is 10.9. The molecule has 0 fully saturated rings. The lowest BCUT2D eigenvalue weighted by molar-refractivity contribution is 0.368. The Labute approximate surface area is 191 Å². The summed E-state index contributed by atoms with van der Waals surface area (Å²) >= 11 is 0. The lowest BCUT2D eigenvalue weighted by atomic mass is 10.0. The molecule has 0 aliphatic carbocycles. The van der Waals surface area contributed by atoms with Crippen LogP contribution in [0.5, 0.6) is 0 Å². The van der Waals surface area contributed by atoms with Crippen LogP contribution in [0.2, 0.25) is 0 Å². The largest absolute Gasteiger partial charge is 0.673 e. The lowest BCUT2D eigenvalue weighted by Crippen LogP contribution is -2.02. The number of benzene rings is 3. The Kier molecular flexibility index (Phi) is 8.04. The smallest absolute Gasteiger partial charge is 0.418 e. The van der Waals surface area contributed by atoms with Gasteiger partial charge in [0.1, 0.15) is 0 Å². The molecule has 0 aliphatic rings. The summed E-state index contributed by atoms with van der Waals surface area (Å²) in [5.74, 6) is 1.78. The minimum atomic E-state index is -6.00. The molecule has 4 aromatic rings. The highest BCUT2D eigenvalue weighted by Crippen LogP contribution is 2.33. The van der Waals surface area contributed by atoms with E-state index in [9.17, 15) is 17.3 Å². The molecular formula is C27H25BF4O. The van der Waals surface area contributed by atoms with Gasteiger partial charge in [-0.05, 0) is 53.8 Å². The third-order valence-electron chi connectivity index (χ3n) is 5.19. The summed E-state index contributed by atoms with van der Waals surface area (Å²) in [5, 5.41) is 0. The number of aryl methyl sites for hydroxylation is 2. The molecule has 0 aliphatic heterocycles. The summed E-state index contributed by atoms with van der Waals surface area (Å²) < 4.78 is 45.4. The van der Waals surface area contributed by atoms with Crippen molar-refractivity contribution in [2.45, 2.75) is 26.7 Å². The van der Waals surface area contributed by atoms with Gasteiger partial charge >= 0.3 is 18.8 Å². The molecule has 0 bridgehead atoms. The Morgan fingerprint density at radius 3 is 1.30 bits per heavy atom. The van der Waals surface area contributed by atoms with E-state index in [0.29, 0.717) is 0 Å². The van der Waals surface area contributed by atoms with Crippen molar-refractivity contribution in [3.8, 4) is 33.8 Å². The number of hydrogen-bond donors (Lipinski definition) is 0. The third kappa shape index (κ3) is 7.31. The molecule has 0 saturated heterocycles. The zero-order valence-corrected chi connectivity index (χ0v) is 18.6. The molecule has 0 atom stereocenters. The van der Waals surface area contributed by atoms with Crippen LogP contribution in [0.1, 0.15) is 25.0 Å². The molecule has 3 aromatic carbocycles. The molecule has 33 heavy (non-hydrogen) atoms. The monoisotopic (exact) mass is 452 g/mol. The number of halogens is 4. The average Bonchev–Trinajstić information content (AvgIpc) is 2.83. The van der Waals surface area contributed by atoms with Gasteiger partial charge in [0, 0.05) is 5.56 Å². The Morgan fingerprint density at radius 1 is 0.545 bits per heavy atom. The van der Waals surface area contributed by atoms with Crippen molar-refractivity contribution in [2.24, 2.45) is 0 Å². The van der Waals surface area contributed by atoms with E-state index in [2.05, 4.69) is 98.8 Å². The van der Waals surface area contributed by atoms with E-state index in [4.69, 9.17) is 4.42 Å². The summed E-state index contributed by atoms with van der Waals surface area (Å²) in [6.07, 6.45) is 2.08. The quantitative estimate of drug-likeness (QED) is 0.167.